The van der Waals surface area contributed by atoms with Crippen LogP contribution in [0, 0.1) is 10.8 Å². The Morgan fingerprint density at radius 1 is 0.830 bits per heavy atom. The van der Waals surface area contributed by atoms with Gasteiger partial charge in [0.2, 0.25) is 11.6 Å². The number of fused-ring (bicyclic) bond motifs is 2. The summed E-state index contributed by atoms with van der Waals surface area (Å²) in [7, 11) is -8.73. The fourth-order valence-corrected chi connectivity index (χ4v) is 7.99. The van der Waals surface area contributed by atoms with Crippen LogP contribution < -0.4 is 10.2 Å². The molecule has 0 unspecified atom stereocenters. The first-order valence-corrected chi connectivity index (χ1v) is 21.2. The molecule has 0 bridgehead atoms. The van der Waals surface area contributed by atoms with E-state index in [9.17, 15) is 30.7 Å². The number of allylic oxidation sites excluding steroid dienone is 6. The van der Waals surface area contributed by atoms with E-state index in [4.69, 9.17) is 0 Å². The zero-order chi connectivity index (χ0) is 39.8. The SMILES string of the molecule is CCN1/C(=C/C=C/C=C/C2=[N+](CCCCCC(=O)NCC(C)(C)C(C)(C)C)c3ccc(S(=O)(=O)O)cc3C2(C)C)C(C)(C)c2cc(S(=O)(=O)O)ccc21. The van der Waals surface area contributed by atoms with Crippen molar-refractivity contribution in [1.29, 1.82) is 0 Å². The van der Waals surface area contributed by atoms with Crippen LogP contribution in [0.1, 0.15) is 106 Å². The van der Waals surface area contributed by atoms with Gasteiger partial charge in [0.15, 0.2) is 5.71 Å². The van der Waals surface area contributed by atoms with Crippen LogP contribution in [-0.4, -0.2) is 61.8 Å². The van der Waals surface area contributed by atoms with Crippen LogP contribution in [0.4, 0.5) is 11.4 Å². The molecule has 0 aromatic heterocycles. The van der Waals surface area contributed by atoms with E-state index in [0.29, 0.717) is 26.1 Å². The third-order valence-electron chi connectivity index (χ3n) is 11.4. The van der Waals surface area contributed by atoms with Crippen molar-refractivity contribution in [2.24, 2.45) is 10.8 Å². The van der Waals surface area contributed by atoms with Crippen molar-refractivity contribution < 1.29 is 35.3 Å². The first-order chi connectivity index (χ1) is 24.3. The number of nitrogens with one attached hydrogen (secondary N) is 1. The summed E-state index contributed by atoms with van der Waals surface area (Å²) in [5, 5.41) is 3.11. The molecule has 53 heavy (non-hydrogen) atoms. The molecule has 2 aromatic carbocycles. The summed E-state index contributed by atoms with van der Waals surface area (Å²) in [4.78, 5) is 14.5. The molecule has 2 aromatic rings. The van der Waals surface area contributed by atoms with Crippen molar-refractivity contribution in [1.82, 2.24) is 5.32 Å². The summed E-state index contributed by atoms with van der Waals surface area (Å²) in [6.45, 7) is 23.0. The summed E-state index contributed by atoms with van der Waals surface area (Å²) >= 11 is 0. The normalized spacial score (nSPS) is 18.0. The third kappa shape index (κ3) is 9.04. The van der Waals surface area contributed by atoms with Crippen LogP contribution in [0.25, 0.3) is 0 Å². The maximum atomic E-state index is 12.6. The Labute approximate surface area is 317 Å². The number of carbonyl (C=O) groups excluding carboxylic acids is 1. The molecule has 4 rings (SSSR count). The lowest BCUT2D eigenvalue weighted by Crippen LogP contribution is -2.41. The topological polar surface area (TPSA) is 144 Å². The molecule has 0 saturated carbocycles. The number of hydrogen-bond donors (Lipinski definition) is 3. The smallest absolute Gasteiger partial charge is 0.294 e. The number of benzene rings is 2. The second kappa shape index (κ2) is 15.3. The monoisotopic (exact) mass is 768 g/mol. The van der Waals surface area contributed by atoms with Gasteiger partial charge in [0, 0.05) is 60.4 Å². The Hall–Kier alpha value is -3.58. The van der Waals surface area contributed by atoms with Crippen LogP contribution in [-0.2, 0) is 35.9 Å². The number of rotatable bonds is 14. The molecule has 0 radical (unpaired) electrons. The highest BCUT2D eigenvalue weighted by Crippen LogP contribution is 2.48. The largest absolute Gasteiger partial charge is 0.356 e. The average molecular weight is 769 g/mol. The van der Waals surface area contributed by atoms with Gasteiger partial charge in [0.25, 0.3) is 20.2 Å². The third-order valence-corrected chi connectivity index (χ3v) is 13.1. The molecule has 0 saturated heterocycles. The minimum atomic E-state index is -4.39. The lowest BCUT2D eigenvalue weighted by molar-refractivity contribution is -0.438. The molecule has 10 nitrogen and oxygen atoms in total. The predicted molar refractivity (Wildman–Crippen MR) is 212 cm³/mol. The van der Waals surface area contributed by atoms with E-state index in [0.717, 1.165) is 53.2 Å². The molecule has 0 aliphatic carbocycles. The highest BCUT2D eigenvalue weighted by Gasteiger charge is 2.45. The number of hydrogen-bond acceptors (Lipinski definition) is 6. The number of anilines is 1. The molecule has 0 atom stereocenters. The highest BCUT2D eigenvalue weighted by atomic mass is 32.2. The number of amides is 1. The summed E-state index contributed by atoms with van der Waals surface area (Å²) in [5.41, 5.74) is 4.28. The molecule has 290 valence electrons. The average Bonchev–Trinajstić information content (AvgIpc) is 3.39. The lowest BCUT2D eigenvalue weighted by Gasteiger charge is -2.39. The summed E-state index contributed by atoms with van der Waals surface area (Å²) < 4.78 is 69.5. The second-order valence-electron chi connectivity index (χ2n) is 16.9. The first kappa shape index (κ1) is 42.2. The summed E-state index contributed by atoms with van der Waals surface area (Å²) in [6.07, 6.45) is 12.7. The van der Waals surface area contributed by atoms with Crippen LogP contribution in [0.15, 0.2) is 82.3 Å². The van der Waals surface area contributed by atoms with Gasteiger partial charge in [0.05, 0.1) is 15.2 Å². The second-order valence-corrected chi connectivity index (χ2v) is 19.7. The standard InChI is InChI=1S/C41H57N3O7S2/c1-11-43-33-23-21-29(52(46,47)48)26-31(33)40(7,8)35(43)18-14-12-15-19-36-41(9,10)32-27-30(53(49,50)51)22-24-34(32)44(36)25-17-13-16-20-37(45)42-28-39(5,6)38(2,3)4/h12,14-15,18-19,21-24,26-27H,11,13,16-17,20,25,28H2,1-10H3,(H2-,42,45,46,47,48,49,50,51)/p+1. The molecule has 3 N–H and O–H groups in total. The Bertz CT molecular complexity index is 2080. The first-order valence-electron chi connectivity index (χ1n) is 18.3. The van der Waals surface area contributed by atoms with Gasteiger partial charge >= 0.3 is 0 Å². The molecule has 2 aliphatic heterocycles. The Morgan fingerprint density at radius 2 is 1.43 bits per heavy atom. The minimum absolute atomic E-state index is 0.0348. The van der Waals surface area contributed by atoms with Crippen molar-refractivity contribution in [3.05, 3.63) is 83.6 Å². The van der Waals surface area contributed by atoms with Gasteiger partial charge in [-0.15, -0.1) is 0 Å². The molecule has 12 heteroatoms. The van der Waals surface area contributed by atoms with E-state index in [2.05, 4.69) is 49.4 Å². The molecular weight excluding hydrogens is 711 g/mol. The van der Waals surface area contributed by atoms with Gasteiger partial charge in [-0.3, -0.25) is 13.9 Å². The number of nitrogens with zero attached hydrogens (tertiary/aromatic N) is 2. The fourth-order valence-electron chi connectivity index (χ4n) is 6.97. The molecule has 2 aliphatic rings. The number of carbonyl (C=O) groups is 1. The van der Waals surface area contributed by atoms with Crippen LogP contribution in [0.2, 0.25) is 0 Å². The van der Waals surface area contributed by atoms with Gasteiger partial charge in [0.1, 0.15) is 6.54 Å². The predicted octanol–water partition coefficient (Wildman–Crippen LogP) is 8.12. The van der Waals surface area contributed by atoms with E-state index in [1.54, 1.807) is 24.3 Å². The number of likely N-dealkylation sites (N-methyl/N-ethyl adjacent to an activating group) is 1. The summed E-state index contributed by atoms with van der Waals surface area (Å²) in [5.74, 6) is 0.0550. The van der Waals surface area contributed by atoms with Crippen LogP contribution in [0.5, 0.6) is 0 Å². The van der Waals surface area contributed by atoms with Gasteiger partial charge < -0.3 is 10.2 Å². The minimum Gasteiger partial charge on any atom is -0.356 e. The zero-order valence-corrected chi connectivity index (χ0v) is 34.6. The van der Waals surface area contributed by atoms with Gasteiger partial charge in [-0.25, -0.2) is 0 Å². The zero-order valence-electron chi connectivity index (χ0n) is 32.9. The Morgan fingerprint density at radius 3 is 2.02 bits per heavy atom. The fraction of sp³-hybridized carbons (Fsp3) is 0.512. The van der Waals surface area contributed by atoms with E-state index in [1.807, 2.05) is 65.0 Å². The van der Waals surface area contributed by atoms with Crippen LogP contribution in [0.3, 0.4) is 0 Å². The maximum absolute atomic E-state index is 12.6. The van der Waals surface area contributed by atoms with E-state index in [1.165, 1.54) is 12.1 Å². The highest BCUT2D eigenvalue weighted by molar-refractivity contribution is 7.86. The summed E-state index contributed by atoms with van der Waals surface area (Å²) in [6, 6.07) is 9.42. The van der Waals surface area contributed by atoms with Gasteiger partial charge in [-0.2, -0.15) is 21.4 Å². The molecule has 2 heterocycles. The van der Waals surface area contributed by atoms with Crippen molar-refractivity contribution in [3.63, 3.8) is 0 Å². The van der Waals surface area contributed by atoms with Crippen LogP contribution >= 0.6 is 0 Å². The van der Waals surface area contributed by atoms with Crippen molar-refractivity contribution in [2.45, 2.75) is 116 Å². The van der Waals surface area contributed by atoms with Gasteiger partial charge in [-0.05, 0) is 86.4 Å². The molecule has 0 fully saturated rings. The Balaban J connectivity index is 1.54. The maximum Gasteiger partial charge on any atom is 0.294 e. The van der Waals surface area contributed by atoms with E-state index in [-0.39, 0.29) is 26.5 Å². The van der Waals surface area contributed by atoms with Gasteiger partial charge in [-0.1, -0.05) is 66.7 Å². The molecule has 0 spiro atoms. The van der Waals surface area contributed by atoms with Crippen molar-refractivity contribution >= 4 is 43.2 Å². The molecule has 1 amide bonds. The number of unbranched alkanes of at least 4 members (excludes halogenated alkanes) is 2. The lowest BCUT2D eigenvalue weighted by atomic mass is 9.69. The quantitative estimate of drug-likeness (QED) is 0.0757. The van der Waals surface area contributed by atoms with Crippen molar-refractivity contribution in [3.8, 4) is 0 Å². The van der Waals surface area contributed by atoms with E-state index >= 15 is 0 Å². The molecular formula is C41H58N3O7S2+. The van der Waals surface area contributed by atoms with Crippen molar-refractivity contribution in [2.75, 3.05) is 24.5 Å². The van der Waals surface area contributed by atoms with E-state index < -0.39 is 31.1 Å². The Kier molecular flexibility index (Phi) is 12.2.